The fourth-order valence-electron chi connectivity index (χ4n) is 6.63. The Morgan fingerprint density at radius 2 is 1.65 bits per heavy atom. The first-order valence-electron chi connectivity index (χ1n) is 13.7. The van der Waals surface area contributed by atoms with Crippen molar-refractivity contribution in [2.75, 3.05) is 31.0 Å². The SMILES string of the molecule is CCCOC(=O)Nc1cc2c(c(NC(=O)OCCC)c1C(C)C)CCC1[C@](C)(C(=O)OC)CCC[C@]21C. The fraction of sp³-hybridized carbons (Fsp3) is 0.690. The van der Waals surface area contributed by atoms with Crippen molar-refractivity contribution in [3.8, 4) is 0 Å². The lowest BCUT2D eigenvalue weighted by molar-refractivity contribution is -0.161. The number of rotatable bonds is 8. The van der Waals surface area contributed by atoms with Crippen LogP contribution < -0.4 is 10.6 Å². The van der Waals surface area contributed by atoms with Crippen molar-refractivity contribution in [2.45, 2.75) is 97.8 Å². The minimum atomic E-state index is -0.600. The van der Waals surface area contributed by atoms with E-state index in [2.05, 4.69) is 23.6 Å². The van der Waals surface area contributed by atoms with Gasteiger partial charge >= 0.3 is 18.2 Å². The predicted octanol–water partition coefficient (Wildman–Crippen LogP) is 6.91. The van der Waals surface area contributed by atoms with Crippen LogP contribution in [0.15, 0.2) is 6.07 Å². The van der Waals surface area contributed by atoms with Crippen LogP contribution in [0, 0.1) is 11.3 Å². The third kappa shape index (κ3) is 5.58. The van der Waals surface area contributed by atoms with E-state index in [-0.39, 0.29) is 23.2 Å². The zero-order valence-electron chi connectivity index (χ0n) is 23.5. The zero-order chi connectivity index (χ0) is 27.4. The molecule has 0 radical (unpaired) electrons. The summed E-state index contributed by atoms with van der Waals surface area (Å²) in [5, 5.41) is 5.99. The molecule has 3 atom stereocenters. The molecule has 0 spiro atoms. The highest BCUT2D eigenvalue weighted by molar-refractivity contribution is 5.94. The van der Waals surface area contributed by atoms with Gasteiger partial charge in [0.1, 0.15) is 0 Å². The van der Waals surface area contributed by atoms with E-state index in [4.69, 9.17) is 14.2 Å². The van der Waals surface area contributed by atoms with Gasteiger partial charge in [0.2, 0.25) is 0 Å². The van der Waals surface area contributed by atoms with Crippen molar-refractivity contribution in [3.63, 3.8) is 0 Å². The molecule has 0 bridgehead atoms. The van der Waals surface area contributed by atoms with E-state index in [9.17, 15) is 14.4 Å². The van der Waals surface area contributed by atoms with E-state index in [0.29, 0.717) is 31.0 Å². The second-order valence-electron chi connectivity index (χ2n) is 11.2. The van der Waals surface area contributed by atoms with Gasteiger partial charge in [-0.25, -0.2) is 9.59 Å². The lowest BCUT2D eigenvalue weighted by Crippen LogP contribution is -2.52. The number of hydrogen-bond donors (Lipinski definition) is 2. The number of fused-ring (bicyclic) bond motifs is 3. The molecule has 1 aromatic rings. The molecule has 8 heteroatoms. The Balaban J connectivity index is 2.20. The topological polar surface area (TPSA) is 103 Å². The second-order valence-corrected chi connectivity index (χ2v) is 11.2. The third-order valence-electron chi connectivity index (χ3n) is 8.27. The monoisotopic (exact) mass is 516 g/mol. The maximum absolute atomic E-state index is 13.0. The number of amides is 2. The summed E-state index contributed by atoms with van der Waals surface area (Å²) in [7, 11) is 1.46. The van der Waals surface area contributed by atoms with Crippen molar-refractivity contribution in [1.82, 2.24) is 0 Å². The van der Waals surface area contributed by atoms with Gasteiger partial charge in [-0.3, -0.25) is 15.4 Å². The molecule has 0 aliphatic heterocycles. The first-order chi connectivity index (χ1) is 17.5. The van der Waals surface area contributed by atoms with Gasteiger partial charge in [-0.05, 0) is 79.9 Å². The molecule has 2 aliphatic carbocycles. The maximum atomic E-state index is 13.0. The van der Waals surface area contributed by atoms with Crippen molar-refractivity contribution in [2.24, 2.45) is 11.3 Å². The summed E-state index contributed by atoms with van der Waals surface area (Å²) in [6, 6.07) is 2.05. The molecule has 8 nitrogen and oxygen atoms in total. The molecule has 1 saturated carbocycles. The number of benzene rings is 1. The van der Waals surface area contributed by atoms with Crippen LogP contribution >= 0.6 is 0 Å². The Kier molecular flexibility index (Phi) is 9.13. The van der Waals surface area contributed by atoms with Gasteiger partial charge in [0.05, 0.1) is 31.4 Å². The standard InChI is InChI=1S/C29H44N2O6/c1-8-15-36-26(33)30-21-17-20-19(24(23(21)18(3)4)31-27(34)37-16-9-2)11-12-22-28(20,5)13-10-14-29(22,6)25(32)35-7/h17-18,22H,8-16H2,1-7H3,(H,30,33)(H,31,34)/t22?,28-,29-/m1/s1. The van der Waals surface area contributed by atoms with Gasteiger partial charge in [-0.2, -0.15) is 0 Å². The maximum Gasteiger partial charge on any atom is 0.411 e. The normalized spacial score (nSPS) is 24.5. The highest BCUT2D eigenvalue weighted by Crippen LogP contribution is 2.59. The summed E-state index contributed by atoms with van der Waals surface area (Å²) in [6.45, 7) is 12.8. The van der Waals surface area contributed by atoms with Crippen molar-refractivity contribution >= 4 is 29.5 Å². The van der Waals surface area contributed by atoms with Crippen LogP contribution in [0.5, 0.6) is 0 Å². The largest absolute Gasteiger partial charge is 0.469 e. The molecule has 37 heavy (non-hydrogen) atoms. The van der Waals surface area contributed by atoms with Crippen LogP contribution in [-0.4, -0.2) is 38.5 Å². The van der Waals surface area contributed by atoms with Crippen LogP contribution in [0.4, 0.5) is 21.0 Å². The molecule has 0 heterocycles. The van der Waals surface area contributed by atoms with Gasteiger partial charge in [0.25, 0.3) is 0 Å². The summed E-state index contributed by atoms with van der Waals surface area (Å²) in [5.41, 5.74) is 3.33. The summed E-state index contributed by atoms with van der Waals surface area (Å²) < 4.78 is 16.0. The summed E-state index contributed by atoms with van der Waals surface area (Å²) in [5.74, 6) is -0.0995. The van der Waals surface area contributed by atoms with Crippen LogP contribution in [0.1, 0.15) is 103 Å². The molecule has 0 aromatic heterocycles. The first kappa shape index (κ1) is 28.8. The molecule has 1 aromatic carbocycles. The van der Waals surface area contributed by atoms with E-state index in [1.165, 1.54) is 7.11 Å². The smallest absolute Gasteiger partial charge is 0.411 e. The van der Waals surface area contributed by atoms with Crippen LogP contribution in [0.25, 0.3) is 0 Å². The highest BCUT2D eigenvalue weighted by atomic mass is 16.6. The summed E-state index contributed by atoms with van der Waals surface area (Å²) >= 11 is 0. The van der Waals surface area contributed by atoms with E-state index < -0.39 is 17.6 Å². The Bertz CT molecular complexity index is 1020. The van der Waals surface area contributed by atoms with Gasteiger partial charge in [0.15, 0.2) is 0 Å². The van der Waals surface area contributed by atoms with Crippen molar-refractivity contribution < 1.29 is 28.6 Å². The average molecular weight is 517 g/mol. The number of methoxy groups -OCH3 is 1. The van der Waals surface area contributed by atoms with Crippen LogP contribution in [0.3, 0.4) is 0 Å². The van der Waals surface area contributed by atoms with E-state index >= 15 is 0 Å². The molecule has 2 amide bonds. The molecular formula is C29H44N2O6. The Morgan fingerprint density at radius 1 is 1.03 bits per heavy atom. The van der Waals surface area contributed by atoms with E-state index in [1.54, 1.807) is 0 Å². The van der Waals surface area contributed by atoms with Gasteiger partial charge in [-0.15, -0.1) is 0 Å². The minimum Gasteiger partial charge on any atom is -0.469 e. The van der Waals surface area contributed by atoms with E-state index in [0.717, 1.165) is 55.2 Å². The quantitative estimate of drug-likeness (QED) is 0.287. The average Bonchev–Trinajstić information content (AvgIpc) is 2.85. The van der Waals surface area contributed by atoms with Crippen LogP contribution in [0.2, 0.25) is 0 Å². The number of carbonyl (C=O) groups is 3. The third-order valence-corrected chi connectivity index (χ3v) is 8.27. The van der Waals surface area contributed by atoms with Gasteiger partial charge in [-0.1, -0.05) is 41.0 Å². The summed E-state index contributed by atoms with van der Waals surface area (Å²) in [4.78, 5) is 38.5. The summed E-state index contributed by atoms with van der Waals surface area (Å²) in [6.07, 6.45) is 4.47. The molecular weight excluding hydrogens is 472 g/mol. The molecule has 2 N–H and O–H groups in total. The molecule has 0 saturated heterocycles. The molecule has 3 rings (SSSR count). The van der Waals surface area contributed by atoms with Crippen LogP contribution in [-0.2, 0) is 30.8 Å². The lowest BCUT2D eigenvalue weighted by atomic mass is 9.49. The highest BCUT2D eigenvalue weighted by Gasteiger charge is 2.56. The van der Waals surface area contributed by atoms with Crippen molar-refractivity contribution in [3.05, 3.63) is 22.8 Å². The van der Waals surface area contributed by atoms with Gasteiger partial charge in [0, 0.05) is 11.3 Å². The van der Waals surface area contributed by atoms with Crippen molar-refractivity contribution in [1.29, 1.82) is 0 Å². The molecule has 1 unspecified atom stereocenters. The Morgan fingerprint density at radius 3 is 2.22 bits per heavy atom. The molecule has 2 aliphatic rings. The first-order valence-corrected chi connectivity index (χ1v) is 13.7. The number of ether oxygens (including phenoxy) is 3. The number of nitrogens with one attached hydrogen (secondary N) is 2. The van der Waals surface area contributed by atoms with E-state index in [1.807, 2.05) is 34.6 Å². The number of carbonyl (C=O) groups excluding carboxylic acids is 3. The lowest BCUT2D eigenvalue weighted by Gasteiger charge is -2.54. The minimum absolute atomic E-state index is 0.00507. The Hall–Kier alpha value is -2.77. The number of esters is 1. The fourth-order valence-corrected chi connectivity index (χ4v) is 6.63. The molecule has 206 valence electrons. The number of anilines is 2. The second kappa shape index (κ2) is 11.7. The molecule has 1 fully saturated rings. The Labute approximate surface area is 221 Å². The van der Waals surface area contributed by atoms with Gasteiger partial charge < -0.3 is 14.2 Å². The predicted molar refractivity (Wildman–Crippen MR) is 144 cm³/mol. The number of hydrogen-bond acceptors (Lipinski definition) is 6. The zero-order valence-corrected chi connectivity index (χ0v) is 23.5.